The first-order valence-corrected chi connectivity index (χ1v) is 4.68. The van der Waals surface area contributed by atoms with Crippen molar-refractivity contribution in [2.75, 3.05) is 0 Å². The second-order valence-electron chi connectivity index (χ2n) is 1.24. The van der Waals surface area contributed by atoms with Crippen molar-refractivity contribution >= 4 is 24.3 Å². The van der Waals surface area contributed by atoms with Crippen molar-refractivity contribution in [3.05, 3.63) is 12.7 Å². The molecule has 0 aromatic carbocycles. The van der Waals surface area contributed by atoms with Gasteiger partial charge < -0.3 is 19.1 Å². The molecule has 6 nitrogen and oxygen atoms in total. The Hall–Kier alpha value is -0.463. The van der Waals surface area contributed by atoms with Gasteiger partial charge in [0, 0.05) is 6.08 Å². The third kappa shape index (κ3) is 43.3. The molecule has 0 aliphatic heterocycles. The van der Waals surface area contributed by atoms with Crippen LogP contribution in [0, 0.1) is 0 Å². The molecule has 0 amide bonds. The SMILES string of the molecule is C=CC(=O)O[SiH3].O=P(O)(O)O. The van der Waals surface area contributed by atoms with Crippen LogP contribution in [0.1, 0.15) is 0 Å². The van der Waals surface area contributed by atoms with Gasteiger partial charge in [-0.3, -0.25) is 0 Å². The van der Waals surface area contributed by atoms with E-state index < -0.39 is 7.82 Å². The Morgan fingerprint density at radius 2 is 1.82 bits per heavy atom. The Bertz CT molecular complexity index is 164. The maximum atomic E-state index is 9.88. The fraction of sp³-hybridized carbons (Fsp3) is 0. The van der Waals surface area contributed by atoms with Crippen LogP contribution in [-0.4, -0.2) is 31.1 Å². The van der Waals surface area contributed by atoms with Gasteiger partial charge in [-0.05, 0) is 0 Å². The van der Waals surface area contributed by atoms with E-state index in [-0.39, 0.29) is 5.97 Å². The highest BCUT2D eigenvalue weighted by atomic mass is 31.2. The first-order valence-electron chi connectivity index (χ1n) is 2.30. The summed E-state index contributed by atoms with van der Waals surface area (Å²) in [6, 6.07) is 0. The topological polar surface area (TPSA) is 104 Å². The standard InChI is InChI=1S/C3H6O2Si.H3O4P/c1-2-3(4)5-6;1-5(2,3)4/h2H,1H2,6H3;(H3,1,2,3,4). The van der Waals surface area contributed by atoms with Crippen molar-refractivity contribution in [1.82, 2.24) is 0 Å². The van der Waals surface area contributed by atoms with Gasteiger partial charge in [0.15, 0.2) is 0 Å². The van der Waals surface area contributed by atoms with Crippen molar-refractivity contribution < 1.29 is 28.5 Å². The Morgan fingerprint density at radius 1 is 1.55 bits per heavy atom. The highest BCUT2D eigenvalue weighted by Gasteiger charge is 2.00. The van der Waals surface area contributed by atoms with Crippen LogP contribution in [-0.2, 0) is 13.8 Å². The minimum Gasteiger partial charge on any atom is -0.526 e. The second kappa shape index (κ2) is 6.26. The van der Waals surface area contributed by atoms with Gasteiger partial charge in [0.2, 0.25) is 10.5 Å². The fourth-order valence-electron chi connectivity index (χ4n) is 0.0833. The third-order valence-corrected chi connectivity index (χ3v) is 0.770. The summed E-state index contributed by atoms with van der Waals surface area (Å²) in [6.07, 6.45) is 1.15. The van der Waals surface area contributed by atoms with E-state index in [4.69, 9.17) is 19.2 Å². The molecular formula is C3H9O6PSi. The van der Waals surface area contributed by atoms with Crippen molar-refractivity contribution in [1.29, 1.82) is 0 Å². The summed E-state index contributed by atoms with van der Waals surface area (Å²) in [5.74, 6) is -0.332. The Kier molecular flexibility index (Phi) is 7.48. The third-order valence-electron chi connectivity index (χ3n) is 0.368. The molecule has 0 fully saturated rings. The molecular weight excluding hydrogens is 191 g/mol. The zero-order valence-electron chi connectivity index (χ0n) is 5.80. The Labute approximate surface area is 66.3 Å². The number of phosphoric acid groups is 1. The smallest absolute Gasteiger partial charge is 0.466 e. The molecule has 0 rings (SSSR count). The molecule has 0 spiro atoms. The largest absolute Gasteiger partial charge is 0.526 e. The van der Waals surface area contributed by atoms with Gasteiger partial charge in [-0.2, -0.15) is 0 Å². The first-order chi connectivity index (χ1) is 4.81. The van der Waals surface area contributed by atoms with Gasteiger partial charge in [-0.25, -0.2) is 9.36 Å². The number of carbonyl (C=O) groups is 1. The summed E-state index contributed by atoms with van der Waals surface area (Å²) < 4.78 is 13.2. The molecule has 0 aromatic heterocycles. The summed E-state index contributed by atoms with van der Waals surface area (Å²) in [7, 11) is -4.18. The molecule has 0 aliphatic rings. The number of hydrogen-bond acceptors (Lipinski definition) is 3. The highest BCUT2D eigenvalue weighted by molar-refractivity contribution is 7.45. The van der Waals surface area contributed by atoms with Gasteiger partial charge in [-0.1, -0.05) is 6.58 Å². The van der Waals surface area contributed by atoms with Gasteiger partial charge in [0.25, 0.3) is 0 Å². The van der Waals surface area contributed by atoms with Crippen molar-refractivity contribution in [2.24, 2.45) is 0 Å². The molecule has 11 heavy (non-hydrogen) atoms. The van der Waals surface area contributed by atoms with Crippen LogP contribution >= 0.6 is 7.82 Å². The van der Waals surface area contributed by atoms with Crippen LogP contribution in [0.15, 0.2) is 12.7 Å². The summed E-state index contributed by atoms with van der Waals surface area (Å²) in [5, 5.41) is 0. The Balaban J connectivity index is 0. The molecule has 0 saturated carbocycles. The lowest BCUT2D eigenvalue weighted by molar-refractivity contribution is -0.128. The molecule has 66 valence electrons. The normalized spacial score (nSPS) is 9.36. The molecule has 0 aliphatic carbocycles. The van der Waals surface area contributed by atoms with E-state index >= 15 is 0 Å². The maximum Gasteiger partial charge on any atom is 0.466 e. The predicted molar refractivity (Wildman–Crippen MR) is 40.5 cm³/mol. The summed E-state index contributed by atoms with van der Waals surface area (Å²) in [5.41, 5.74) is 0. The lowest BCUT2D eigenvalue weighted by Crippen LogP contribution is -1.93. The van der Waals surface area contributed by atoms with Gasteiger partial charge in [0.05, 0.1) is 0 Å². The van der Waals surface area contributed by atoms with Gasteiger partial charge >= 0.3 is 13.8 Å². The second-order valence-corrected chi connectivity index (χ2v) is 2.68. The molecule has 0 atom stereocenters. The number of hydrogen-bond donors (Lipinski definition) is 3. The average Bonchev–Trinajstić information content (AvgIpc) is 1.83. The molecule has 0 radical (unpaired) electrons. The number of carbonyl (C=O) groups excluding carboxylic acids is 1. The van der Waals surface area contributed by atoms with E-state index in [2.05, 4.69) is 11.0 Å². The van der Waals surface area contributed by atoms with Crippen LogP contribution in [0.3, 0.4) is 0 Å². The minimum absolute atomic E-state index is 0.332. The molecule has 0 heterocycles. The van der Waals surface area contributed by atoms with Gasteiger partial charge in [0.1, 0.15) is 0 Å². The minimum atomic E-state index is -4.64. The first kappa shape index (κ1) is 13.2. The zero-order chi connectivity index (χ0) is 9.49. The van der Waals surface area contributed by atoms with Crippen LogP contribution in [0.5, 0.6) is 0 Å². The van der Waals surface area contributed by atoms with E-state index in [9.17, 15) is 4.79 Å². The molecule has 8 heteroatoms. The molecule has 0 aromatic rings. The molecule has 0 unspecified atom stereocenters. The predicted octanol–water partition coefficient (Wildman–Crippen LogP) is -1.93. The monoisotopic (exact) mass is 200 g/mol. The molecule has 3 N–H and O–H groups in total. The van der Waals surface area contributed by atoms with E-state index in [1.54, 1.807) is 0 Å². The van der Waals surface area contributed by atoms with Crippen LogP contribution in [0.4, 0.5) is 0 Å². The summed E-state index contributed by atoms with van der Waals surface area (Å²) >= 11 is 0. The quantitative estimate of drug-likeness (QED) is 0.258. The molecule has 0 bridgehead atoms. The average molecular weight is 200 g/mol. The fourth-order valence-corrected chi connectivity index (χ4v) is 0.250. The van der Waals surface area contributed by atoms with E-state index in [1.807, 2.05) is 0 Å². The number of rotatable bonds is 1. The zero-order valence-corrected chi connectivity index (χ0v) is 8.69. The van der Waals surface area contributed by atoms with E-state index in [0.717, 1.165) is 6.08 Å². The highest BCUT2D eigenvalue weighted by Crippen LogP contribution is 2.25. The van der Waals surface area contributed by atoms with E-state index in [1.165, 1.54) is 0 Å². The maximum absolute atomic E-state index is 9.88. The Morgan fingerprint density at radius 3 is 1.82 bits per heavy atom. The van der Waals surface area contributed by atoms with E-state index in [0.29, 0.717) is 10.5 Å². The lowest BCUT2D eigenvalue weighted by Gasteiger charge is -1.84. The lowest BCUT2D eigenvalue weighted by atomic mass is 10.7. The van der Waals surface area contributed by atoms with Crippen molar-refractivity contribution in [2.45, 2.75) is 0 Å². The van der Waals surface area contributed by atoms with Crippen LogP contribution in [0.2, 0.25) is 0 Å². The van der Waals surface area contributed by atoms with Gasteiger partial charge in [-0.15, -0.1) is 0 Å². The van der Waals surface area contributed by atoms with Crippen LogP contribution in [0.25, 0.3) is 0 Å². The molecule has 0 saturated heterocycles. The summed E-state index contributed by atoms with van der Waals surface area (Å²) in [4.78, 5) is 31.4. The van der Waals surface area contributed by atoms with Crippen molar-refractivity contribution in [3.63, 3.8) is 0 Å². The van der Waals surface area contributed by atoms with Crippen LogP contribution < -0.4 is 0 Å². The van der Waals surface area contributed by atoms with Crippen molar-refractivity contribution in [3.8, 4) is 0 Å². The summed E-state index contributed by atoms with van der Waals surface area (Å²) in [6.45, 7) is 3.18.